The zero-order valence-electron chi connectivity index (χ0n) is 16.5. The molecule has 0 saturated heterocycles. The molecule has 5 nitrogen and oxygen atoms in total. The predicted octanol–water partition coefficient (Wildman–Crippen LogP) is 5.30. The van der Waals surface area contributed by atoms with Crippen LogP contribution in [0.1, 0.15) is 15.9 Å². The quantitative estimate of drug-likeness (QED) is 0.417. The molecule has 2 aromatic carbocycles. The van der Waals surface area contributed by atoms with Crippen molar-refractivity contribution in [3.8, 4) is 11.3 Å². The Morgan fingerprint density at radius 2 is 1.94 bits per heavy atom. The SMILES string of the molecule is Cn1cc(C(=O)Nc2ccc(SCc3cccnc3)cc2)c(-c2ccc(F)cc2F)n1. The number of carbonyl (C=O) groups excluding carboxylic acids is 1. The molecule has 4 rings (SSSR count). The number of carbonyl (C=O) groups is 1. The Morgan fingerprint density at radius 3 is 2.65 bits per heavy atom. The first kappa shape index (κ1) is 20.7. The fourth-order valence-corrected chi connectivity index (χ4v) is 3.85. The minimum Gasteiger partial charge on any atom is -0.322 e. The molecule has 4 aromatic rings. The summed E-state index contributed by atoms with van der Waals surface area (Å²) in [4.78, 5) is 18.0. The zero-order valence-corrected chi connectivity index (χ0v) is 17.4. The fraction of sp³-hybridized carbons (Fsp3) is 0.0870. The lowest BCUT2D eigenvalue weighted by Crippen LogP contribution is -2.12. The van der Waals surface area contributed by atoms with Gasteiger partial charge in [-0.05, 0) is 48.0 Å². The minimum atomic E-state index is -0.775. The summed E-state index contributed by atoms with van der Waals surface area (Å²) in [5.41, 5.74) is 2.14. The van der Waals surface area contributed by atoms with Crippen molar-refractivity contribution in [3.05, 3.63) is 95.9 Å². The van der Waals surface area contributed by atoms with Gasteiger partial charge in [-0.3, -0.25) is 14.5 Å². The first-order valence-corrected chi connectivity index (χ1v) is 10.4. The van der Waals surface area contributed by atoms with Crippen molar-refractivity contribution in [1.29, 1.82) is 0 Å². The number of hydrogen-bond donors (Lipinski definition) is 1. The van der Waals surface area contributed by atoms with Gasteiger partial charge < -0.3 is 5.32 Å². The molecule has 0 spiro atoms. The number of anilines is 1. The maximum absolute atomic E-state index is 14.2. The fourth-order valence-electron chi connectivity index (χ4n) is 3.02. The van der Waals surface area contributed by atoms with Crippen molar-refractivity contribution in [1.82, 2.24) is 14.8 Å². The molecule has 8 heteroatoms. The second kappa shape index (κ2) is 9.09. The molecule has 0 aliphatic heterocycles. The molecule has 0 atom stereocenters. The first-order valence-electron chi connectivity index (χ1n) is 9.42. The third-order valence-corrected chi connectivity index (χ3v) is 5.58. The van der Waals surface area contributed by atoms with Crippen LogP contribution < -0.4 is 5.32 Å². The number of amides is 1. The van der Waals surface area contributed by atoms with Gasteiger partial charge in [0.1, 0.15) is 17.3 Å². The van der Waals surface area contributed by atoms with Crippen LogP contribution in [-0.4, -0.2) is 20.7 Å². The molecule has 0 aliphatic rings. The number of pyridine rings is 1. The molecule has 2 aromatic heterocycles. The van der Waals surface area contributed by atoms with E-state index in [0.29, 0.717) is 5.69 Å². The van der Waals surface area contributed by atoms with Gasteiger partial charge in [0.05, 0.1) is 5.56 Å². The van der Waals surface area contributed by atoms with Crippen LogP contribution in [0.25, 0.3) is 11.3 Å². The van der Waals surface area contributed by atoms with Gasteiger partial charge >= 0.3 is 0 Å². The van der Waals surface area contributed by atoms with Crippen LogP contribution >= 0.6 is 11.8 Å². The van der Waals surface area contributed by atoms with Crippen LogP contribution in [0.5, 0.6) is 0 Å². The number of hydrogen-bond acceptors (Lipinski definition) is 4. The summed E-state index contributed by atoms with van der Waals surface area (Å²) in [6.45, 7) is 0. The summed E-state index contributed by atoms with van der Waals surface area (Å²) in [5, 5.41) is 6.99. The van der Waals surface area contributed by atoms with Crippen LogP contribution in [0, 0.1) is 11.6 Å². The Kier molecular flexibility index (Phi) is 6.08. The van der Waals surface area contributed by atoms with Gasteiger partial charge in [-0.25, -0.2) is 8.78 Å². The third kappa shape index (κ3) is 4.97. The van der Waals surface area contributed by atoms with Crippen molar-refractivity contribution in [2.75, 3.05) is 5.32 Å². The number of benzene rings is 2. The van der Waals surface area contributed by atoms with Gasteiger partial charge in [-0.15, -0.1) is 11.8 Å². The van der Waals surface area contributed by atoms with Crippen molar-refractivity contribution in [2.45, 2.75) is 10.6 Å². The molecule has 0 saturated carbocycles. The minimum absolute atomic E-state index is 0.0642. The summed E-state index contributed by atoms with van der Waals surface area (Å²) < 4.78 is 28.9. The topological polar surface area (TPSA) is 59.8 Å². The van der Waals surface area contributed by atoms with Crippen molar-refractivity contribution in [3.63, 3.8) is 0 Å². The molecule has 0 fully saturated rings. The molecule has 156 valence electrons. The standard InChI is InChI=1S/C23H18F2N4OS/c1-29-13-20(22(28-29)19-9-4-16(24)11-21(19)25)23(30)27-17-5-7-18(8-6-17)31-14-15-3-2-10-26-12-15/h2-13H,14H2,1H3,(H,27,30). The predicted molar refractivity (Wildman–Crippen MR) is 117 cm³/mol. The number of aromatic nitrogens is 3. The van der Waals surface area contributed by atoms with Crippen LogP contribution in [0.3, 0.4) is 0 Å². The average Bonchev–Trinajstić information content (AvgIpc) is 3.15. The van der Waals surface area contributed by atoms with Gasteiger partial charge in [0.25, 0.3) is 5.91 Å². The van der Waals surface area contributed by atoms with E-state index in [1.54, 1.807) is 37.1 Å². The summed E-state index contributed by atoms with van der Waals surface area (Å²) in [6, 6.07) is 14.5. The number of nitrogens with zero attached hydrogens (tertiary/aromatic N) is 3. The molecule has 2 heterocycles. The summed E-state index contributed by atoms with van der Waals surface area (Å²) in [7, 11) is 1.63. The van der Waals surface area contributed by atoms with Gasteiger partial charge in [-0.2, -0.15) is 5.10 Å². The number of halogens is 2. The monoisotopic (exact) mass is 436 g/mol. The Morgan fingerprint density at radius 1 is 1.13 bits per heavy atom. The zero-order chi connectivity index (χ0) is 21.8. The van der Waals surface area contributed by atoms with Crippen molar-refractivity contribution >= 4 is 23.4 Å². The molecular formula is C23H18F2N4OS. The van der Waals surface area contributed by atoms with E-state index in [0.717, 1.165) is 28.3 Å². The Balaban J connectivity index is 1.47. The summed E-state index contributed by atoms with van der Waals surface area (Å²) in [6.07, 6.45) is 5.08. The lowest BCUT2D eigenvalue weighted by molar-refractivity contribution is 0.102. The van der Waals surface area contributed by atoms with Gasteiger partial charge in [0.15, 0.2) is 0 Å². The lowest BCUT2D eigenvalue weighted by Gasteiger charge is -2.07. The van der Waals surface area contributed by atoms with E-state index in [4.69, 9.17) is 0 Å². The van der Waals surface area contributed by atoms with E-state index < -0.39 is 17.5 Å². The van der Waals surface area contributed by atoms with E-state index in [1.165, 1.54) is 16.9 Å². The Bertz CT molecular complexity index is 1210. The average molecular weight is 436 g/mol. The Hall–Kier alpha value is -3.52. The molecule has 1 N–H and O–H groups in total. The van der Waals surface area contributed by atoms with E-state index in [9.17, 15) is 13.6 Å². The third-order valence-electron chi connectivity index (χ3n) is 4.50. The van der Waals surface area contributed by atoms with Crippen LogP contribution in [0.15, 0.2) is 78.1 Å². The van der Waals surface area contributed by atoms with Crippen LogP contribution in [0.4, 0.5) is 14.5 Å². The van der Waals surface area contributed by atoms with E-state index in [1.807, 2.05) is 30.5 Å². The number of rotatable bonds is 6. The van der Waals surface area contributed by atoms with Gasteiger partial charge in [0, 0.05) is 53.6 Å². The second-order valence-electron chi connectivity index (χ2n) is 6.82. The van der Waals surface area contributed by atoms with E-state index in [2.05, 4.69) is 15.4 Å². The highest BCUT2D eigenvalue weighted by Crippen LogP contribution is 2.27. The highest BCUT2D eigenvalue weighted by atomic mass is 32.2. The highest BCUT2D eigenvalue weighted by Gasteiger charge is 2.20. The van der Waals surface area contributed by atoms with Crippen LogP contribution in [0.2, 0.25) is 0 Å². The van der Waals surface area contributed by atoms with Crippen LogP contribution in [-0.2, 0) is 12.8 Å². The maximum Gasteiger partial charge on any atom is 0.259 e. The largest absolute Gasteiger partial charge is 0.322 e. The Labute approximate surface area is 182 Å². The summed E-state index contributed by atoms with van der Waals surface area (Å²) in [5.74, 6) is -1.10. The molecule has 31 heavy (non-hydrogen) atoms. The second-order valence-corrected chi connectivity index (χ2v) is 7.87. The molecule has 0 bridgehead atoms. The lowest BCUT2D eigenvalue weighted by atomic mass is 10.1. The molecule has 0 aliphatic carbocycles. The molecule has 0 unspecified atom stereocenters. The van der Waals surface area contributed by atoms with Crippen molar-refractivity contribution in [2.24, 2.45) is 7.05 Å². The molecule has 1 amide bonds. The maximum atomic E-state index is 14.2. The number of nitrogens with one attached hydrogen (secondary N) is 1. The van der Waals surface area contributed by atoms with Gasteiger partial charge in [-0.1, -0.05) is 6.07 Å². The molecule has 0 radical (unpaired) electrons. The number of aryl methyl sites for hydroxylation is 1. The van der Waals surface area contributed by atoms with Crippen molar-refractivity contribution < 1.29 is 13.6 Å². The molecular weight excluding hydrogens is 418 g/mol. The highest BCUT2D eigenvalue weighted by molar-refractivity contribution is 7.98. The summed E-state index contributed by atoms with van der Waals surface area (Å²) >= 11 is 1.66. The first-order chi connectivity index (χ1) is 15.0. The normalized spacial score (nSPS) is 10.8. The number of thioether (sulfide) groups is 1. The van der Waals surface area contributed by atoms with E-state index >= 15 is 0 Å². The van der Waals surface area contributed by atoms with E-state index in [-0.39, 0.29) is 16.8 Å². The van der Waals surface area contributed by atoms with Gasteiger partial charge in [0.2, 0.25) is 0 Å². The smallest absolute Gasteiger partial charge is 0.259 e.